The van der Waals surface area contributed by atoms with Gasteiger partial charge in [-0.2, -0.15) is 5.26 Å². The second-order valence-electron chi connectivity index (χ2n) is 3.10. The molecule has 0 aliphatic heterocycles. The molecule has 14 heavy (non-hydrogen) atoms. The van der Waals surface area contributed by atoms with Crippen molar-refractivity contribution in [1.82, 2.24) is 5.32 Å². The molecule has 1 aromatic rings. The van der Waals surface area contributed by atoms with E-state index in [4.69, 9.17) is 5.26 Å². The van der Waals surface area contributed by atoms with Crippen LogP contribution >= 0.6 is 0 Å². The number of hydrogen-bond acceptors (Lipinski definition) is 2. The first-order valence-corrected chi connectivity index (χ1v) is 4.63. The number of rotatable bonds is 4. The molecule has 3 heteroatoms. The quantitative estimate of drug-likeness (QED) is 0.794. The molecule has 0 saturated carbocycles. The van der Waals surface area contributed by atoms with Crippen LogP contribution in [-0.4, -0.2) is 6.04 Å². The Bertz CT molecular complexity index is 313. The van der Waals surface area contributed by atoms with Gasteiger partial charge in [0.1, 0.15) is 5.82 Å². The van der Waals surface area contributed by atoms with E-state index in [-0.39, 0.29) is 11.9 Å². The minimum absolute atomic E-state index is 0.125. The Morgan fingerprint density at radius 1 is 1.43 bits per heavy atom. The Hall–Kier alpha value is -1.40. The first kappa shape index (κ1) is 10.7. The van der Waals surface area contributed by atoms with E-state index in [0.29, 0.717) is 6.54 Å². The maximum absolute atomic E-state index is 12.5. The molecular weight excluding hydrogens is 179 g/mol. The second kappa shape index (κ2) is 5.36. The standard InChI is InChI=1S/C11H13FN2/c1-2-11(7-13)14-8-9-3-5-10(12)6-4-9/h3-6,11,14H,2,8H2,1H3. The Balaban J connectivity index is 2.46. The van der Waals surface area contributed by atoms with Crippen LogP contribution in [0.4, 0.5) is 4.39 Å². The number of halogens is 1. The van der Waals surface area contributed by atoms with Crippen molar-refractivity contribution >= 4 is 0 Å². The van der Waals surface area contributed by atoms with Gasteiger partial charge >= 0.3 is 0 Å². The summed E-state index contributed by atoms with van der Waals surface area (Å²) in [5.41, 5.74) is 0.986. The van der Waals surface area contributed by atoms with Gasteiger partial charge in [0.25, 0.3) is 0 Å². The van der Waals surface area contributed by atoms with Crippen LogP contribution < -0.4 is 5.32 Å². The molecule has 1 aromatic carbocycles. The number of nitriles is 1. The van der Waals surface area contributed by atoms with Gasteiger partial charge in [-0.15, -0.1) is 0 Å². The highest BCUT2D eigenvalue weighted by Gasteiger charge is 2.02. The maximum atomic E-state index is 12.5. The van der Waals surface area contributed by atoms with Crippen molar-refractivity contribution in [3.8, 4) is 6.07 Å². The summed E-state index contributed by atoms with van der Waals surface area (Å²) < 4.78 is 12.5. The van der Waals surface area contributed by atoms with E-state index < -0.39 is 0 Å². The van der Waals surface area contributed by atoms with Crippen molar-refractivity contribution in [1.29, 1.82) is 5.26 Å². The Morgan fingerprint density at radius 2 is 2.07 bits per heavy atom. The lowest BCUT2D eigenvalue weighted by Gasteiger charge is -2.08. The fourth-order valence-corrected chi connectivity index (χ4v) is 1.12. The summed E-state index contributed by atoms with van der Waals surface area (Å²) in [6.07, 6.45) is 0.775. The van der Waals surface area contributed by atoms with E-state index in [9.17, 15) is 4.39 Å². The Labute approximate surface area is 83.4 Å². The highest BCUT2D eigenvalue weighted by Crippen LogP contribution is 2.02. The first-order chi connectivity index (χ1) is 6.76. The predicted octanol–water partition coefficient (Wildman–Crippen LogP) is 2.22. The second-order valence-corrected chi connectivity index (χ2v) is 3.10. The van der Waals surface area contributed by atoms with Gasteiger partial charge in [0.05, 0.1) is 12.1 Å². The minimum atomic E-state index is -0.235. The highest BCUT2D eigenvalue weighted by atomic mass is 19.1. The molecule has 74 valence electrons. The van der Waals surface area contributed by atoms with Gasteiger partial charge < -0.3 is 0 Å². The van der Waals surface area contributed by atoms with Gasteiger partial charge in [0.15, 0.2) is 0 Å². The fourth-order valence-electron chi connectivity index (χ4n) is 1.12. The molecule has 1 rings (SSSR count). The molecule has 1 atom stereocenters. The van der Waals surface area contributed by atoms with E-state index in [1.54, 1.807) is 12.1 Å². The van der Waals surface area contributed by atoms with Crippen molar-refractivity contribution in [2.75, 3.05) is 0 Å². The van der Waals surface area contributed by atoms with Crippen LogP contribution in [0, 0.1) is 17.1 Å². The highest BCUT2D eigenvalue weighted by molar-refractivity contribution is 5.16. The van der Waals surface area contributed by atoms with Crippen molar-refractivity contribution < 1.29 is 4.39 Å². The molecule has 0 fully saturated rings. The molecule has 0 radical (unpaired) electrons. The molecule has 0 aliphatic carbocycles. The molecule has 0 amide bonds. The fraction of sp³-hybridized carbons (Fsp3) is 0.364. The van der Waals surface area contributed by atoms with Crippen LogP contribution in [0.15, 0.2) is 24.3 Å². The largest absolute Gasteiger partial charge is 0.298 e. The Kier molecular flexibility index (Phi) is 4.09. The van der Waals surface area contributed by atoms with Gasteiger partial charge in [-0.1, -0.05) is 19.1 Å². The summed E-state index contributed by atoms with van der Waals surface area (Å²) in [4.78, 5) is 0. The molecule has 0 bridgehead atoms. The molecule has 0 spiro atoms. The van der Waals surface area contributed by atoms with Crippen molar-refractivity contribution in [3.63, 3.8) is 0 Å². The lowest BCUT2D eigenvalue weighted by Crippen LogP contribution is -2.26. The monoisotopic (exact) mass is 192 g/mol. The summed E-state index contributed by atoms with van der Waals surface area (Å²) in [5.74, 6) is -0.235. The third kappa shape index (κ3) is 3.15. The van der Waals surface area contributed by atoms with E-state index in [1.165, 1.54) is 12.1 Å². The average molecular weight is 192 g/mol. The average Bonchev–Trinajstić information content (AvgIpc) is 2.22. The zero-order valence-corrected chi connectivity index (χ0v) is 8.13. The van der Waals surface area contributed by atoms with Gasteiger partial charge in [-0.25, -0.2) is 4.39 Å². The lowest BCUT2D eigenvalue weighted by molar-refractivity contribution is 0.584. The molecule has 0 aromatic heterocycles. The SMILES string of the molecule is CCC(C#N)NCc1ccc(F)cc1. The van der Waals surface area contributed by atoms with E-state index in [0.717, 1.165) is 12.0 Å². The van der Waals surface area contributed by atoms with Crippen LogP contribution in [0.3, 0.4) is 0 Å². The zero-order chi connectivity index (χ0) is 10.4. The predicted molar refractivity (Wildman–Crippen MR) is 52.9 cm³/mol. The summed E-state index contributed by atoms with van der Waals surface area (Å²) >= 11 is 0. The lowest BCUT2D eigenvalue weighted by atomic mass is 10.2. The molecule has 1 unspecified atom stereocenters. The maximum Gasteiger partial charge on any atom is 0.123 e. The number of nitrogens with zero attached hydrogens (tertiary/aromatic N) is 1. The number of nitrogens with one attached hydrogen (secondary N) is 1. The van der Waals surface area contributed by atoms with Crippen LogP contribution in [0.25, 0.3) is 0 Å². The first-order valence-electron chi connectivity index (χ1n) is 4.63. The van der Waals surface area contributed by atoms with E-state index in [1.807, 2.05) is 6.92 Å². The smallest absolute Gasteiger partial charge is 0.123 e. The molecule has 0 heterocycles. The van der Waals surface area contributed by atoms with Gasteiger partial charge in [0.2, 0.25) is 0 Å². The summed E-state index contributed by atoms with van der Waals surface area (Å²) in [6, 6.07) is 8.29. The van der Waals surface area contributed by atoms with Gasteiger partial charge in [0, 0.05) is 6.54 Å². The third-order valence-electron chi connectivity index (χ3n) is 2.03. The number of benzene rings is 1. The Morgan fingerprint density at radius 3 is 2.57 bits per heavy atom. The van der Waals surface area contributed by atoms with E-state index >= 15 is 0 Å². The molecule has 1 N–H and O–H groups in total. The summed E-state index contributed by atoms with van der Waals surface area (Å²) in [6.45, 7) is 2.55. The molecule has 0 aliphatic rings. The molecular formula is C11H13FN2. The van der Waals surface area contributed by atoms with Gasteiger partial charge in [-0.05, 0) is 24.1 Å². The van der Waals surface area contributed by atoms with Crippen molar-refractivity contribution in [2.45, 2.75) is 25.9 Å². The summed E-state index contributed by atoms with van der Waals surface area (Å²) in [5, 5.41) is 11.7. The summed E-state index contributed by atoms with van der Waals surface area (Å²) in [7, 11) is 0. The van der Waals surface area contributed by atoms with Crippen LogP contribution in [0.5, 0.6) is 0 Å². The normalized spacial score (nSPS) is 12.1. The minimum Gasteiger partial charge on any atom is -0.298 e. The van der Waals surface area contributed by atoms with Crippen LogP contribution in [0.1, 0.15) is 18.9 Å². The van der Waals surface area contributed by atoms with Crippen LogP contribution in [-0.2, 0) is 6.54 Å². The zero-order valence-electron chi connectivity index (χ0n) is 8.13. The van der Waals surface area contributed by atoms with Crippen molar-refractivity contribution in [3.05, 3.63) is 35.6 Å². The molecule has 2 nitrogen and oxygen atoms in total. The third-order valence-corrected chi connectivity index (χ3v) is 2.03. The van der Waals surface area contributed by atoms with Crippen LogP contribution in [0.2, 0.25) is 0 Å². The topological polar surface area (TPSA) is 35.8 Å². The van der Waals surface area contributed by atoms with Gasteiger partial charge in [-0.3, -0.25) is 5.32 Å². The number of hydrogen-bond donors (Lipinski definition) is 1. The molecule has 0 saturated heterocycles. The van der Waals surface area contributed by atoms with E-state index in [2.05, 4.69) is 11.4 Å². The van der Waals surface area contributed by atoms with Crippen molar-refractivity contribution in [2.24, 2.45) is 0 Å².